The van der Waals surface area contributed by atoms with E-state index in [4.69, 9.17) is 5.11 Å². The molecule has 0 bridgehead atoms. The number of nitrogens with one attached hydrogen (secondary N) is 1. The fourth-order valence-electron chi connectivity index (χ4n) is 2.45. The van der Waals surface area contributed by atoms with E-state index in [1.165, 1.54) is 0 Å². The number of rotatable bonds is 4. The first-order valence-electron chi connectivity index (χ1n) is 6.40. The van der Waals surface area contributed by atoms with Crippen LogP contribution in [0.25, 0.3) is 0 Å². The summed E-state index contributed by atoms with van der Waals surface area (Å²) in [5, 5.41) is 12.4. The molecule has 2 unspecified atom stereocenters. The second kappa shape index (κ2) is 5.91. The van der Waals surface area contributed by atoms with Crippen molar-refractivity contribution in [2.75, 3.05) is 0 Å². The molecular weight excluding hydrogens is 230 g/mol. The minimum atomic E-state index is -0.667. The lowest BCUT2D eigenvalue weighted by Crippen LogP contribution is -2.36. The van der Waals surface area contributed by atoms with E-state index in [1.807, 2.05) is 13.0 Å². The van der Waals surface area contributed by atoms with Crippen molar-refractivity contribution in [1.82, 2.24) is 15.3 Å². The number of carboxylic acid groups (broad SMARTS) is 1. The molecule has 1 aliphatic carbocycles. The predicted octanol–water partition coefficient (Wildman–Crippen LogP) is 1.52. The van der Waals surface area contributed by atoms with Crippen molar-refractivity contribution in [2.45, 2.75) is 45.2 Å². The maximum Gasteiger partial charge on any atom is 0.306 e. The number of aromatic nitrogens is 2. The van der Waals surface area contributed by atoms with Gasteiger partial charge in [-0.2, -0.15) is 0 Å². The van der Waals surface area contributed by atoms with Gasteiger partial charge in [-0.15, -0.1) is 0 Å². The van der Waals surface area contributed by atoms with Gasteiger partial charge in [-0.1, -0.05) is 6.42 Å². The molecule has 0 radical (unpaired) electrons. The third-order valence-corrected chi connectivity index (χ3v) is 3.43. The summed E-state index contributed by atoms with van der Waals surface area (Å²) in [5.41, 5.74) is 0.958. The van der Waals surface area contributed by atoms with Gasteiger partial charge in [0, 0.05) is 18.8 Å². The average molecular weight is 249 g/mol. The van der Waals surface area contributed by atoms with Crippen molar-refractivity contribution in [3.8, 4) is 0 Å². The summed E-state index contributed by atoms with van der Waals surface area (Å²) in [5.74, 6) is -0.0934. The first kappa shape index (κ1) is 13.0. The van der Waals surface area contributed by atoms with Gasteiger partial charge in [0.1, 0.15) is 5.82 Å². The first-order valence-corrected chi connectivity index (χ1v) is 6.40. The molecule has 1 aliphatic rings. The molecule has 0 amide bonds. The fourth-order valence-corrected chi connectivity index (χ4v) is 2.45. The Morgan fingerprint density at radius 3 is 3.11 bits per heavy atom. The molecule has 2 N–H and O–H groups in total. The van der Waals surface area contributed by atoms with Crippen molar-refractivity contribution in [1.29, 1.82) is 0 Å². The largest absolute Gasteiger partial charge is 0.481 e. The van der Waals surface area contributed by atoms with Gasteiger partial charge in [0.25, 0.3) is 0 Å². The fraction of sp³-hybridized carbons (Fsp3) is 0.615. The summed E-state index contributed by atoms with van der Waals surface area (Å²) >= 11 is 0. The Hall–Kier alpha value is -1.49. The van der Waals surface area contributed by atoms with Crippen molar-refractivity contribution >= 4 is 5.97 Å². The molecule has 1 aromatic heterocycles. The zero-order valence-electron chi connectivity index (χ0n) is 10.6. The molecule has 1 aromatic rings. The first-order chi connectivity index (χ1) is 8.65. The molecule has 2 atom stereocenters. The quantitative estimate of drug-likeness (QED) is 0.846. The summed E-state index contributed by atoms with van der Waals surface area (Å²) in [7, 11) is 0. The number of hydrogen-bond acceptors (Lipinski definition) is 4. The highest BCUT2D eigenvalue weighted by molar-refractivity contribution is 5.70. The van der Waals surface area contributed by atoms with E-state index in [9.17, 15) is 4.79 Å². The molecule has 18 heavy (non-hydrogen) atoms. The number of aryl methyl sites for hydroxylation is 1. The summed E-state index contributed by atoms with van der Waals surface area (Å²) in [4.78, 5) is 19.3. The van der Waals surface area contributed by atoms with Gasteiger partial charge in [-0.25, -0.2) is 9.97 Å². The van der Waals surface area contributed by atoms with E-state index in [-0.39, 0.29) is 12.0 Å². The maximum atomic E-state index is 11.0. The highest BCUT2D eigenvalue weighted by Crippen LogP contribution is 2.24. The third-order valence-electron chi connectivity index (χ3n) is 3.43. The van der Waals surface area contributed by atoms with Gasteiger partial charge in [-0.05, 0) is 32.3 Å². The maximum absolute atomic E-state index is 11.0. The van der Waals surface area contributed by atoms with Gasteiger partial charge >= 0.3 is 5.97 Å². The van der Waals surface area contributed by atoms with E-state index in [2.05, 4.69) is 15.3 Å². The van der Waals surface area contributed by atoms with Crippen LogP contribution in [0.5, 0.6) is 0 Å². The molecular formula is C13H19N3O2. The zero-order chi connectivity index (χ0) is 13.0. The Morgan fingerprint density at radius 1 is 1.56 bits per heavy atom. The number of aliphatic carboxylic acids is 1. The van der Waals surface area contributed by atoms with Crippen molar-refractivity contribution in [3.63, 3.8) is 0 Å². The van der Waals surface area contributed by atoms with Crippen LogP contribution in [0.3, 0.4) is 0 Å². The predicted molar refractivity (Wildman–Crippen MR) is 67.0 cm³/mol. The van der Waals surface area contributed by atoms with E-state index >= 15 is 0 Å². The molecule has 1 saturated carbocycles. The number of nitrogens with zero attached hydrogens (tertiary/aromatic N) is 2. The summed E-state index contributed by atoms with van der Waals surface area (Å²) in [6.45, 7) is 2.55. The molecule has 98 valence electrons. The van der Waals surface area contributed by atoms with E-state index in [0.717, 1.165) is 37.2 Å². The lowest BCUT2D eigenvalue weighted by Gasteiger charge is -2.27. The molecule has 5 heteroatoms. The van der Waals surface area contributed by atoms with Crippen LogP contribution in [0.1, 0.15) is 37.2 Å². The monoisotopic (exact) mass is 249 g/mol. The lowest BCUT2D eigenvalue weighted by atomic mass is 9.86. The molecule has 1 fully saturated rings. The van der Waals surface area contributed by atoms with Gasteiger partial charge < -0.3 is 10.4 Å². The number of carboxylic acids is 1. The standard InChI is InChI=1S/C13H19N3O2/c1-9-14-6-5-12(16-9)8-15-11-4-2-3-10(7-11)13(17)18/h5-6,10-11,15H,2-4,7-8H2,1H3,(H,17,18). The molecule has 2 rings (SSSR count). The van der Waals surface area contributed by atoms with Crippen molar-refractivity contribution in [2.24, 2.45) is 5.92 Å². The normalized spacial score (nSPS) is 23.8. The Labute approximate surface area is 107 Å². The average Bonchev–Trinajstić information content (AvgIpc) is 2.37. The van der Waals surface area contributed by atoms with Gasteiger partial charge in [0.2, 0.25) is 0 Å². The van der Waals surface area contributed by atoms with Gasteiger partial charge in [-0.3, -0.25) is 4.79 Å². The van der Waals surface area contributed by atoms with Crippen molar-refractivity contribution < 1.29 is 9.90 Å². The van der Waals surface area contributed by atoms with Gasteiger partial charge in [0.05, 0.1) is 11.6 Å². The van der Waals surface area contributed by atoms with Crippen molar-refractivity contribution in [3.05, 3.63) is 23.8 Å². The summed E-state index contributed by atoms with van der Waals surface area (Å²) in [6.07, 6.45) is 5.31. The van der Waals surface area contributed by atoms with Crippen LogP contribution in [0.15, 0.2) is 12.3 Å². The Morgan fingerprint density at radius 2 is 2.39 bits per heavy atom. The molecule has 0 saturated heterocycles. The minimum Gasteiger partial charge on any atom is -0.481 e. The van der Waals surface area contributed by atoms with Crippen LogP contribution in [0.4, 0.5) is 0 Å². The van der Waals surface area contributed by atoms with E-state index < -0.39 is 5.97 Å². The Balaban J connectivity index is 1.84. The molecule has 0 spiro atoms. The third kappa shape index (κ3) is 3.50. The zero-order valence-corrected chi connectivity index (χ0v) is 10.6. The van der Waals surface area contributed by atoms with Gasteiger partial charge in [0.15, 0.2) is 0 Å². The smallest absolute Gasteiger partial charge is 0.306 e. The summed E-state index contributed by atoms with van der Waals surface area (Å²) in [6, 6.07) is 2.17. The topological polar surface area (TPSA) is 75.1 Å². The Kier molecular flexibility index (Phi) is 4.25. The molecule has 0 aliphatic heterocycles. The van der Waals surface area contributed by atoms with E-state index in [1.54, 1.807) is 6.20 Å². The van der Waals surface area contributed by atoms with Crippen LogP contribution < -0.4 is 5.32 Å². The van der Waals surface area contributed by atoms with Crippen LogP contribution in [-0.4, -0.2) is 27.1 Å². The van der Waals surface area contributed by atoms with Crippen LogP contribution in [-0.2, 0) is 11.3 Å². The molecule has 0 aromatic carbocycles. The second-order valence-electron chi connectivity index (χ2n) is 4.87. The molecule has 5 nitrogen and oxygen atoms in total. The molecule has 1 heterocycles. The van der Waals surface area contributed by atoms with Crippen LogP contribution >= 0.6 is 0 Å². The number of carbonyl (C=O) groups is 1. The van der Waals surface area contributed by atoms with E-state index in [0.29, 0.717) is 6.54 Å². The Bertz CT molecular complexity index is 422. The van der Waals surface area contributed by atoms with Crippen LogP contribution in [0, 0.1) is 12.8 Å². The lowest BCUT2D eigenvalue weighted by molar-refractivity contribution is -0.143. The van der Waals surface area contributed by atoms with Crippen LogP contribution in [0.2, 0.25) is 0 Å². The SMILES string of the molecule is Cc1nccc(CNC2CCCC(C(=O)O)C2)n1. The number of hydrogen-bond donors (Lipinski definition) is 2. The summed E-state index contributed by atoms with van der Waals surface area (Å²) < 4.78 is 0. The minimum absolute atomic E-state index is 0.191. The highest BCUT2D eigenvalue weighted by Gasteiger charge is 2.26. The second-order valence-corrected chi connectivity index (χ2v) is 4.87. The highest BCUT2D eigenvalue weighted by atomic mass is 16.4.